The second-order valence-corrected chi connectivity index (χ2v) is 8.90. The van der Waals surface area contributed by atoms with E-state index in [2.05, 4.69) is 25.8 Å². The summed E-state index contributed by atoms with van der Waals surface area (Å²) in [6.45, 7) is 3.82. The minimum atomic E-state index is -0.589. The molecule has 0 saturated carbocycles. The van der Waals surface area contributed by atoms with Gasteiger partial charge in [0.15, 0.2) is 5.82 Å². The van der Waals surface area contributed by atoms with Crippen LogP contribution in [-0.2, 0) is 11.3 Å². The van der Waals surface area contributed by atoms with Crippen molar-refractivity contribution in [2.75, 3.05) is 5.32 Å². The smallest absolute Gasteiger partial charge is 0.262 e. The van der Waals surface area contributed by atoms with Gasteiger partial charge in [-0.05, 0) is 48.0 Å². The predicted molar refractivity (Wildman–Crippen MR) is 131 cm³/mol. The molecule has 5 aromatic rings. The van der Waals surface area contributed by atoms with Crippen LogP contribution in [-0.4, -0.2) is 35.7 Å². The Kier molecular flexibility index (Phi) is 5.91. The SMILES string of the molecule is Cc1ccc(-c2csc3ncn(CCC(=O)Nc4cc(-n5nnnc5C)ccc4F)c(=O)c23)cc1. The molecule has 11 heteroatoms. The monoisotopic (exact) mass is 489 g/mol. The maximum Gasteiger partial charge on any atom is 0.262 e. The van der Waals surface area contributed by atoms with Crippen molar-refractivity contribution < 1.29 is 9.18 Å². The number of thiophene rings is 1. The molecule has 0 bridgehead atoms. The van der Waals surface area contributed by atoms with Crippen molar-refractivity contribution in [3.8, 4) is 16.8 Å². The zero-order valence-electron chi connectivity index (χ0n) is 18.9. The van der Waals surface area contributed by atoms with E-state index in [1.165, 1.54) is 45.1 Å². The van der Waals surface area contributed by atoms with E-state index < -0.39 is 11.7 Å². The van der Waals surface area contributed by atoms with E-state index in [1.807, 2.05) is 36.6 Å². The summed E-state index contributed by atoms with van der Waals surface area (Å²) in [5, 5.41) is 16.2. The Hall–Kier alpha value is -4.25. The molecule has 176 valence electrons. The molecule has 0 aliphatic carbocycles. The fourth-order valence-corrected chi connectivity index (χ4v) is 4.62. The molecule has 0 spiro atoms. The van der Waals surface area contributed by atoms with Gasteiger partial charge >= 0.3 is 0 Å². The molecule has 2 aromatic carbocycles. The molecule has 0 aliphatic rings. The summed E-state index contributed by atoms with van der Waals surface area (Å²) in [7, 11) is 0. The van der Waals surface area contributed by atoms with Crippen molar-refractivity contribution in [3.05, 3.63) is 81.7 Å². The number of aromatic nitrogens is 6. The van der Waals surface area contributed by atoms with Gasteiger partial charge < -0.3 is 5.32 Å². The summed E-state index contributed by atoms with van der Waals surface area (Å²) in [4.78, 5) is 30.8. The first-order valence-electron chi connectivity index (χ1n) is 10.8. The highest BCUT2D eigenvalue weighted by Crippen LogP contribution is 2.30. The molecule has 0 saturated heterocycles. The number of carbonyl (C=O) groups is 1. The number of hydrogen-bond acceptors (Lipinski definition) is 7. The lowest BCUT2D eigenvalue weighted by Crippen LogP contribution is -2.23. The molecule has 35 heavy (non-hydrogen) atoms. The average molecular weight is 490 g/mol. The molecule has 9 nitrogen and oxygen atoms in total. The lowest BCUT2D eigenvalue weighted by Gasteiger charge is -2.10. The molecule has 5 rings (SSSR count). The number of tetrazole rings is 1. The normalized spacial score (nSPS) is 11.2. The van der Waals surface area contributed by atoms with Crippen LogP contribution >= 0.6 is 11.3 Å². The number of carbonyl (C=O) groups excluding carboxylic acids is 1. The highest BCUT2D eigenvalue weighted by molar-refractivity contribution is 7.17. The van der Waals surface area contributed by atoms with E-state index in [0.717, 1.165) is 16.7 Å². The predicted octanol–water partition coefficient (Wildman–Crippen LogP) is 3.89. The second-order valence-electron chi connectivity index (χ2n) is 8.04. The summed E-state index contributed by atoms with van der Waals surface area (Å²) in [5.74, 6) is -0.505. The minimum absolute atomic E-state index is 0.00261. The van der Waals surface area contributed by atoms with Crippen molar-refractivity contribution in [1.82, 2.24) is 29.8 Å². The van der Waals surface area contributed by atoms with Crippen molar-refractivity contribution in [2.45, 2.75) is 26.8 Å². The van der Waals surface area contributed by atoms with Crippen LogP contribution < -0.4 is 10.9 Å². The Morgan fingerprint density at radius 3 is 2.69 bits per heavy atom. The van der Waals surface area contributed by atoms with Gasteiger partial charge in [0.2, 0.25) is 5.91 Å². The first-order valence-corrected chi connectivity index (χ1v) is 11.7. The Morgan fingerprint density at radius 1 is 1.14 bits per heavy atom. The Balaban J connectivity index is 1.34. The number of rotatable bonds is 6. The summed E-state index contributed by atoms with van der Waals surface area (Å²) >= 11 is 1.40. The van der Waals surface area contributed by atoms with Gasteiger partial charge in [-0.25, -0.2) is 9.37 Å². The van der Waals surface area contributed by atoms with Crippen LogP contribution in [0.3, 0.4) is 0 Å². The zero-order chi connectivity index (χ0) is 24.5. The first-order chi connectivity index (χ1) is 16.9. The van der Waals surface area contributed by atoms with Crippen molar-refractivity contribution in [2.24, 2.45) is 0 Å². The molecule has 0 atom stereocenters. The second kappa shape index (κ2) is 9.18. The number of anilines is 1. The largest absolute Gasteiger partial charge is 0.323 e. The van der Waals surface area contributed by atoms with Crippen LogP contribution in [0.4, 0.5) is 10.1 Å². The number of halogens is 1. The first kappa shape index (κ1) is 22.5. The molecule has 3 aromatic heterocycles. The zero-order valence-corrected chi connectivity index (χ0v) is 19.7. The number of benzene rings is 2. The average Bonchev–Trinajstić information content (AvgIpc) is 3.47. The lowest BCUT2D eigenvalue weighted by atomic mass is 10.1. The van der Waals surface area contributed by atoms with E-state index >= 15 is 0 Å². The fraction of sp³-hybridized carbons (Fsp3) is 0.167. The Labute approximate surface area is 202 Å². The van der Waals surface area contributed by atoms with Crippen LogP contribution in [0, 0.1) is 19.7 Å². The maximum absolute atomic E-state index is 14.3. The van der Waals surface area contributed by atoms with Gasteiger partial charge in [0, 0.05) is 23.9 Å². The summed E-state index contributed by atoms with van der Waals surface area (Å²) in [6, 6.07) is 12.1. The topological polar surface area (TPSA) is 108 Å². The van der Waals surface area contributed by atoms with E-state index in [9.17, 15) is 14.0 Å². The molecule has 1 amide bonds. The number of nitrogens with one attached hydrogen (secondary N) is 1. The summed E-state index contributed by atoms with van der Waals surface area (Å²) < 4.78 is 17.2. The molecule has 1 N–H and O–H groups in total. The number of hydrogen-bond donors (Lipinski definition) is 1. The van der Waals surface area contributed by atoms with Crippen LogP contribution in [0.15, 0.2) is 59.0 Å². The van der Waals surface area contributed by atoms with E-state index in [1.54, 1.807) is 6.92 Å². The maximum atomic E-state index is 14.3. The number of nitrogens with zero attached hydrogens (tertiary/aromatic N) is 6. The standard InChI is InChI=1S/C24H20FN7O2S/c1-14-3-5-16(6-4-14)18-12-35-23-22(18)24(34)31(13-26-23)10-9-21(33)27-20-11-17(7-8-19(20)25)32-15(2)28-29-30-32/h3-8,11-13H,9-10H2,1-2H3,(H,27,33). The Bertz CT molecular complexity index is 1600. The molecule has 0 radical (unpaired) electrons. The molecule has 0 fully saturated rings. The van der Waals surface area contributed by atoms with Gasteiger partial charge in [-0.15, -0.1) is 16.4 Å². The van der Waals surface area contributed by atoms with Gasteiger partial charge in [-0.1, -0.05) is 29.8 Å². The minimum Gasteiger partial charge on any atom is -0.323 e. The molecule has 0 aliphatic heterocycles. The molecular formula is C24H20FN7O2S. The third-order valence-corrected chi connectivity index (χ3v) is 6.48. The van der Waals surface area contributed by atoms with Crippen molar-refractivity contribution in [1.29, 1.82) is 0 Å². The lowest BCUT2D eigenvalue weighted by molar-refractivity contribution is -0.116. The van der Waals surface area contributed by atoms with Gasteiger partial charge in [0.05, 0.1) is 23.1 Å². The number of fused-ring (bicyclic) bond motifs is 1. The van der Waals surface area contributed by atoms with Crippen LogP contribution in [0.5, 0.6) is 0 Å². The highest BCUT2D eigenvalue weighted by Gasteiger charge is 2.15. The van der Waals surface area contributed by atoms with E-state index in [0.29, 0.717) is 21.7 Å². The van der Waals surface area contributed by atoms with E-state index in [-0.39, 0.29) is 24.2 Å². The Morgan fingerprint density at radius 2 is 1.94 bits per heavy atom. The molecular weight excluding hydrogens is 469 g/mol. The van der Waals surface area contributed by atoms with Crippen molar-refractivity contribution >= 4 is 33.1 Å². The summed E-state index contributed by atoms with van der Waals surface area (Å²) in [5.41, 5.74) is 3.17. The quantitative estimate of drug-likeness (QED) is 0.388. The van der Waals surface area contributed by atoms with E-state index in [4.69, 9.17) is 0 Å². The van der Waals surface area contributed by atoms with Gasteiger partial charge in [-0.3, -0.25) is 14.2 Å². The fourth-order valence-electron chi connectivity index (χ4n) is 3.72. The van der Waals surface area contributed by atoms with Gasteiger partial charge in [-0.2, -0.15) is 4.68 Å². The van der Waals surface area contributed by atoms with Crippen LogP contribution in [0.25, 0.3) is 27.0 Å². The molecule has 3 heterocycles. The third kappa shape index (κ3) is 4.45. The van der Waals surface area contributed by atoms with Crippen LogP contribution in [0.1, 0.15) is 17.8 Å². The molecule has 0 unspecified atom stereocenters. The summed E-state index contributed by atoms with van der Waals surface area (Å²) in [6.07, 6.45) is 1.40. The van der Waals surface area contributed by atoms with Gasteiger partial charge in [0.1, 0.15) is 10.6 Å². The third-order valence-electron chi connectivity index (χ3n) is 5.60. The van der Waals surface area contributed by atoms with Crippen LogP contribution in [0.2, 0.25) is 0 Å². The van der Waals surface area contributed by atoms with Crippen molar-refractivity contribution in [3.63, 3.8) is 0 Å². The number of amides is 1. The van der Waals surface area contributed by atoms with Gasteiger partial charge in [0.25, 0.3) is 5.56 Å². The number of aryl methyl sites for hydroxylation is 3. The highest BCUT2D eigenvalue weighted by atomic mass is 32.1.